The molecule has 0 atom stereocenters. The van der Waals surface area contributed by atoms with Gasteiger partial charge in [-0.15, -0.1) is 12.4 Å². The summed E-state index contributed by atoms with van der Waals surface area (Å²) in [5.74, 6) is 0.0813. The van der Waals surface area contributed by atoms with Crippen LogP contribution in [0.2, 0.25) is 0 Å². The molecular weight excluding hydrogens is 242 g/mol. The van der Waals surface area contributed by atoms with E-state index >= 15 is 0 Å². The van der Waals surface area contributed by atoms with Crippen LogP contribution in [0, 0.1) is 0 Å². The predicted molar refractivity (Wildman–Crippen MR) is 66.5 cm³/mol. The van der Waals surface area contributed by atoms with Crippen molar-refractivity contribution < 1.29 is 9.53 Å². The third kappa shape index (κ3) is 3.87. The molecule has 6 heteroatoms. The third-order valence-electron chi connectivity index (χ3n) is 2.59. The Bertz CT molecular complexity index is 363. The Morgan fingerprint density at radius 2 is 2.12 bits per heavy atom. The zero-order valence-corrected chi connectivity index (χ0v) is 10.2. The molecule has 17 heavy (non-hydrogen) atoms. The van der Waals surface area contributed by atoms with Gasteiger partial charge in [0.15, 0.2) is 0 Å². The fourth-order valence-electron chi connectivity index (χ4n) is 1.68. The van der Waals surface area contributed by atoms with Gasteiger partial charge in [0, 0.05) is 12.3 Å². The lowest BCUT2D eigenvalue weighted by Gasteiger charge is -2.23. The lowest BCUT2D eigenvalue weighted by molar-refractivity contribution is 0.0999. The van der Waals surface area contributed by atoms with Crippen molar-refractivity contribution in [2.24, 2.45) is 5.73 Å². The van der Waals surface area contributed by atoms with Crippen molar-refractivity contribution in [2.75, 3.05) is 13.1 Å². The number of piperidine rings is 1. The molecule has 3 N–H and O–H groups in total. The molecule has 1 amide bonds. The van der Waals surface area contributed by atoms with Gasteiger partial charge in [-0.25, -0.2) is 4.98 Å². The van der Waals surface area contributed by atoms with Crippen LogP contribution in [0.5, 0.6) is 5.88 Å². The smallest absolute Gasteiger partial charge is 0.250 e. The average molecular weight is 258 g/mol. The van der Waals surface area contributed by atoms with Gasteiger partial charge >= 0.3 is 0 Å². The molecule has 94 valence electrons. The number of aromatic nitrogens is 1. The summed E-state index contributed by atoms with van der Waals surface area (Å²) in [6, 6.07) is 3.31. The Labute approximate surface area is 106 Å². The van der Waals surface area contributed by atoms with E-state index in [1.165, 1.54) is 6.20 Å². The maximum absolute atomic E-state index is 10.8. The van der Waals surface area contributed by atoms with Crippen LogP contribution >= 0.6 is 12.4 Å². The maximum atomic E-state index is 10.8. The molecule has 1 saturated heterocycles. The number of hydrogen-bond acceptors (Lipinski definition) is 4. The van der Waals surface area contributed by atoms with Crippen molar-refractivity contribution in [2.45, 2.75) is 18.9 Å². The third-order valence-corrected chi connectivity index (χ3v) is 2.59. The number of nitrogens with two attached hydrogens (primary N) is 1. The average Bonchev–Trinajstić information content (AvgIpc) is 2.31. The lowest BCUT2D eigenvalue weighted by atomic mass is 10.1. The molecule has 2 heterocycles. The first-order valence-corrected chi connectivity index (χ1v) is 5.39. The minimum Gasteiger partial charge on any atom is -0.474 e. The number of nitrogens with one attached hydrogen (secondary N) is 1. The van der Waals surface area contributed by atoms with Crippen molar-refractivity contribution in [1.29, 1.82) is 0 Å². The van der Waals surface area contributed by atoms with Crippen molar-refractivity contribution >= 4 is 18.3 Å². The molecule has 0 aliphatic carbocycles. The Balaban J connectivity index is 0.00000144. The van der Waals surface area contributed by atoms with E-state index in [9.17, 15) is 4.79 Å². The van der Waals surface area contributed by atoms with Crippen molar-refractivity contribution in [1.82, 2.24) is 10.3 Å². The maximum Gasteiger partial charge on any atom is 0.250 e. The number of halogens is 1. The predicted octanol–water partition coefficient (Wildman–Crippen LogP) is 0.733. The number of nitrogens with zero attached hydrogens (tertiary/aromatic N) is 1. The minimum atomic E-state index is -0.471. The van der Waals surface area contributed by atoms with E-state index in [4.69, 9.17) is 10.5 Å². The fourth-order valence-corrected chi connectivity index (χ4v) is 1.68. The second-order valence-corrected chi connectivity index (χ2v) is 3.82. The van der Waals surface area contributed by atoms with Gasteiger partial charge in [0.25, 0.3) is 0 Å². The zero-order valence-electron chi connectivity index (χ0n) is 9.39. The summed E-state index contributed by atoms with van der Waals surface area (Å²) in [6.45, 7) is 1.95. The number of carbonyl (C=O) groups excluding carboxylic acids is 1. The highest BCUT2D eigenvalue weighted by molar-refractivity contribution is 5.92. The lowest BCUT2D eigenvalue weighted by Crippen LogP contribution is -2.34. The van der Waals surface area contributed by atoms with Crippen LogP contribution < -0.4 is 15.8 Å². The van der Waals surface area contributed by atoms with E-state index in [1.54, 1.807) is 12.1 Å². The molecule has 2 rings (SSSR count). The molecule has 1 fully saturated rings. The van der Waals surface area contributed by atoms with Gasteiger partial charge in [0.05, 0.1) is 5.56 Å². The van der Waals surface area contributed by atoms with Gasteiger partial charge in [-0.1, -0.05) is 0 Å². The molecule has 1 aliphatic rings. The minimum absolute atomic E-state index is 0. The van der Waals surface area contributed by atoms with Gasteiger partial charge in [-0.3, -0.25) is 4.79 Å². The van der Waals surface area contributed by atoms with E-state index in [0.717, 1.165) is 25.9 Å². The zero-order chi connectivity index (χ0) is 11.4. The van der Waals surface area contributed by atoms with Crippen LogP contribution in [0.25, 0.3) is 0 Å². The Kier molecular flexibility index (Phi) is 5.18. The van der Waals surface area contributed by atoms with Gasteiger partial charge in [0.1, 0.15) is 6.10 Å². The van der Waals surface area contributed by atoms with E-state index in [2.05, 4.69) is 10.3 Å². The molecule has 0 spiro atoms. The summed E-state index contributed by atoms with van der Waals surface area (Å²) in [6.07, 6.45) is 3.63. The Hall–Kier alpha value is -1.33. The van der Waals surface area contributed by atoms with Crippen molar-refractivity contribution in [3.8, 4) is 5.88 Å². The number of carbonyl (C=O) groups is 1. The fraction of sp³-hybridized carbons (Fsp3) is 0.455. The van der Waals surface area contributed by atoms with Crippen molar-refractivity contribution in [3.05, 3.63) is 23.9 Å². The van der Waals surface area contributed by atoms with E-state index < -0.39 is 5.91 Å². The molecule has 1 aromatic rings. The molecule has 0 radical (unpaired) electrons. The first-order chi connectivity index (χ1) is 7.75. The highest BCUT2D eigenvalue weighted by Crippen LogP contribution is 2.14. The molecule has 1 aromatic heterocycles. The number of hydrogen-bond donors (Lipinski definition) is 2. The second kappa shape index (κ2) is 6.42. The van der Waals surface area contributed by atoms with E-state index in [-0.39, 0.29) is 18.5 Å². The number of primary amides is 1. The SMILES string of the molecule is Cl.NC(=O)c1ccc(OC2CCNCC2)nc1. The molecular formula is C11H16ClN3O2. The first-order valence-electron chi connectivity index (χ1n) is 5.39. The van der Waals surface area contributed by atoms with Crippen LogP contribution in [-0.4, -0.2) is 30.1 Å². The van der Waals surface area contributed by atoms with Crippen LogP contribution in [-0.2, 0) is 0 Å². The highest BCUT2D eigenvalue weighted by atomic mass is 35.5. The summed E-state index contributed by atoms with van der Waals surface area (Å²) in [4.78, 5) is 14.9. The molecule has 0 saturated carbocycles. The number of amides is 1. The molecule has 0 aromatic carbocycles. The Morgan fingerprint density at radius 3 is 2.65 bits per heavy atom. The van der Waals surface area contributed by atoms with Gasteiger partial charge < -0.3 is 15.8 Å². The largest absolute Gasteiger partial charge is 0.474 e. The topological polar surface area (TPSA) is 77.2 Å². The Morgan fingerprint density at radius 1 is 1.41 bits per heavy atom. The summed E-state index contributed by atoms with van der Waals surface area (Å²) < 4.78 is 5.69. The molecule has 0 bridgehead atoms. The summed E-state index contributed by atoms with van der Waals surface area (Å²) in [5, 5.41) is 3.26. The number of rotatable bonds is 3. The van der Waals surface area contributed by atoms with Crippen LogP contribution in [0.4, 0.5) is 0 Å². The molecule has 5 nitrogen and oxygen atoms in total. The van der Waals surface area contributed by atoms with Gasteiger partial charge in [0.2, 0.25) is 11.8 Å². The quantitative estimate of drug-likeness (QED) is 0.837. The van der Waals surface area contributed by atoms with Crippen LogP contribution in [0.15, 0.2) is 18.3 Å². The monoisotopic (exact) mass is 257 g/mol. The van der Waals surface area contributed by atoms with E-state index in [1.807, 2.05) is 0 Å². The normalized spacial score (nSPS) is 16.0. The van der Waals surface area contributed by atoms with Crippen molar-refractivity contribution in [3.63, 3.8) is 0 Å². The molecule has 1 aliphatic heterocycles. The first kappa shape index (κ1) is 13.7. The molecule has 0 unspecified atom stereocenters. The summed E-state index contributed by atoms with van der Waals surface area (Å²) >= 11 is 0. The van der Waals surface area contributed by atoms with Crippen LogP contribution in [0.3, 0.4) is 0 Å². The van der Waals surface area contributed by atoms with Gasteiger partial charge in [-0.2, -0.15) is 0 Å². The second-order valence-electron chi connectivity index (χ2n) is 3.82. The highest BCUT2D eigenvalue weighted by Gasteiger charge is 2.14. The van der Waals surface area contributed by atoms with Gasteiger partial charge in [-0.05, 0) is 32.0 Å². The standard InChI is InChI=1S/C11H15N3O2.ClH/c12-11(15)8-1-2-10(14-7-8)16-9-3-5-13-6-4-9;/h1-2,7,9,13H,3-6H2,(H2,12,15);1H. The van der Waals surface area contributed by atoms with E-state index in [0.29, 0.717) is 11.4 Å². The van der Waals surface area contributed by atoms with Crippen LogP contribution in [0.1, 0.15) is 23.2 Å². The summed E-state index contributed by atoms with van der Waals surface area (Å²) in [7, 11) is 0. The summed E-state index contributed by atoms with van der Waals surface area (Å²) in [5.41, 5.74) is 5.52. The number of ether oxygens (including phenoxy) is 1. The number of pyridine rings is 1.